The third-order valence-electron chi connectivity index (χ3n) is 3.21. The quantitative estimate of drug-likeness (QED) is 0.841. The number of nitrogens with zero attached hydrogens (tertiary/aromatic N) is 1. The second-order valence-corrected chi connectivity index (χ2v) is 5.47. The van der Waals surface area contributed by atoms with Crippen LogP contribution in [-0.4, -0.2) is 12.5 Å². The molecule has 1 aliphatic rings. The molecule has 1 amide bonds. The zero-order chi connectivity index (χ0) is 12.5. The normalized spacial score (nSPS) is 13.7. The number of carbonyl (C=O) groups excluding carboxylic acids is 1. The largest absolute Gasteiger partial charge is 0.399 e. The van der Waals surface area contributed by atoms with Gasteiger partial charge in [-0.3, -0.25) is 4.79 Å². The second kappa shape index (κ2) is 4.46. The Bertz CT molecular complexity index is 577. The Labute approximate surface area is 110 Å². The van der Waals surface area contributed by atoms with Gasteiger partial charge in [0.1, 0.15) is 0 Å². The van der Waals surface area contributed by atoms with Gasteiger partial charge in [0, 0.05) is 22.8 Å². The van der Waals surface area contributed by atoms with Gasteiger partial charge in [0.25, 0.3) is 0 Å². The van der Waals surface area contributed by atoms with Gasteiger partial charge in [0.05, 0.1) is 6.42 Å². The van der Waals surface area contributed by atoms with Crippen molar-refractivity contribution < 1.29 is 4.79 Å². The van der Waals surface area contributed by atoms with Gasteiger partial charge in [0.2, 0.25) is 5.91 Å². The average molecular weight is 258 g/mol. The molecular formula is C14H14N2OS. The van der Waals surface area contributed by atoms with E-state index in [0.717, 1.165) is 23.5 Å². The Hall–Kier alpha value is -1.81. The van der Waals surface area contributed by atoms with Crippen LogP contribution in [0.1, 0.15) is 10.4 Å². The number of hydrogen-bond donors (Lipinski definition) is 1. The zero-order valence-electron chi connectivity index (χ0n) is 9.93. The Balaban J connectivity index is 1.83. The molecule has 2 aromatic rings. The maximum absolute atomic E-state index is 12.3. The van der Waals surface area contributed by atoms with Crippen molar-refractivity contribution in [2.75, 3.05) is 17.2 Å². The fraction of sp³-hybridized carbons (Fsp3) is 0.214. The molecule has 2 N–H and O–H groups in total. The van der Waals surface area contributed by atoms with Crippen molar-refractivity contribution in [3.63, 3.8) is 0 Å². The molecule has 0 saturated heterocycles. The van der Waals surface area contributed by atoms with Crippen molar-refractivity contribution in [3.8, 4) is 0 Å². The van der Waals surface area contributed by atoms with E-state index in [9.17, 15) is 4.79 Å². The minimum Gasteiger partial charge on any atom is -0.399 e. The van der Waals surface area contributed by atoms with Crippen LogP contribution in [0.5, 0.6) is 0 Å². The van der Waals surface area contributed by atoms with Gasteiger partial charge in [-0.2, -0.15) is 0 Å². The summed E-state index contributed by atoms with van der Waals surface area (Å²) in [5.74, 6) is 0.154. The van der Waals surface area contributed by atoms with Gasteiger partial charge in [-0.25, -0.2) is 0 Å². The number of amides is 1. The number of hydrogen-bond acceptors (Lipinski definition) is 3. The summed E-state index contributed by atoms with van der Waals surface area (Å²) in [5, 5.41) is 2.00. The summed E-state index contributed by atoms with van der Waals surface area (Å²) in [6.07, 6.45) is 1.40. The molecule has 4 heteroatoms. The van der Waals surface area contributed by atoms with E-state index in [-0.39, 0.29) is 5.91 Å². The molecule has 1 aromatic carbocycles. The molecule has 0 radical (unpaired) electrons. The number of anilines is 2. The van der Waals surface area contributed by atoms with E-state index in [1.54, 1.807) is 11.3 Å². The van der Waals surface area contributed by atoms with Crippen molar-refractivity contribution in [1.29, 1.82) is 0 Å². The van der Waals surface area contributed by atoms with Crippen molar-refractivity contribution in [3.05, 3.63) is 46.2 Å². The molecule has 0 aliphatic carbocycles. The minimum absolute atomic E-state index is 0.154. The van der Waals surface area contributed by atoms with Gasteiger partial charge in [0.15, 0.2) is 0 Å². The molecule has 3 rings (SSSR count). The van der Waals surface area contributed by atoms with E-state index in [1.807, 2.05) is 40.6 Å². The maximum atomic E-state index is 12.3. The highest BCUT2D eigenvalue weighted by molar-refractivity contribution is 7.10. The molecule has 0 fully saturated rings. The van der Waals surface area contributed by atoms with E-state index >= 15 is 0 Å². The van der Waals surface area contributed by atoms with Crippen molar-refractivity contribution in [1.82, 2.24) is 0 Å². The lowest BCUT2D eigenvalue weighted by Crippen LogP contribution is -2.30. The number of rotatable bonds is 2. The third-order valence-corrected chi connectivity index (χ3v) is 4.09. The first-order valence-corrected chi connectivity index (χ1v) is 6.83. The molecule has 0 saturated carbocycles. The van der Waals surface area contributed by atoms with E-state index < -0.39 is 0 Å². The van der Waals surface area contributed by atoms with Crippen LogP contribution in [0.4, 0.5) is 11.4 Å². The van der Waals surface area contributed by atoms with E-state index in [1.165, 1.54) is 5.56 Å². The topological polar surface area (TPSA) is 46.3 Å². The van der Waals surface area contributed by atoms with Crippen LogP contribution < -0.4 is 10.6 Å². The summed E-state index contributed by atoms with van der Waals surface area (Å²) >= 11 is 1.62. The molecule has 0 unspecified atom stereocenters. The van der Waals surface area contributed by atoms with Crippen LogP contribution >= 0.6 is 11.3 Å². The predicted molar refractivity (Wildman–Crippen MR) is 74.9 cm³/mol. The molecular weight excluding hydrogens is 244 g/mol. The van der Waals surface area contributed by atoms with E-state index in [2.05, 4.69) is 0 Å². The number of nitrogen functional groups attached to an aromatic ring is 1. The van der Waals surface area contributed by atoms with E-state index in [4.69, 9.17) is 5.73 Å². The molecule has 2 heterocycles. The third kappa shape index (κ3) is 1.99. The lowest BCUT2D eigenvalue weighted by Gasteiger charge is -2.17. The molecule has 0 spiro atoms. The van der Waals surface area contributed by atoms with Crippen LogP contribution in [0, 0.1) is 0 Å². The lowest BCUT2D eigenvalue weighted by atomic mass is 10.1. The van der Waals surface area contributed by atoms with Crippen LogP contribution in [0.15, 0.2) is 35.7 Å². The molecule has 18 heavy (non-hydrogen) atoms. The summed E-state index contributed by atoms with van der Waals surface area (Å²) in [6.45, 7) is 0.767. The molecule has 0 bridgehead atoms. The van der Waals surface area contributed by atoms with Crippen molar-refractivity contribution in [2.45, 2.75) is 12.8 Å². The van der Waals surface area contributed by atoms with Crippen molar-refractivity contribution >= 4 is 28.6 Å². The highest BCUT2D eigenvalue weighted by Gasteiger charge is 2.24. The van der Waals surface area contributed by atoms with Crippen LogP contribution in [0.3, 0.4) is 0 Å². The first kappa shape index (κ1) is 11.3. The van der Waals surface area contributed by atoms with Gasteiger partial charge in [-0.1, -0.05) is 12.1 Å². The summed E-state index contributed by atoms with van der Waals surface area (Å²) in [7, 11) is 0. The van der Waals surface area contributed by atoms with Gasteiger partial charge >= 0.3 is 0 Å². The van der Waals surface area contributed by atoms with Gasteiger partial charge in [-0.05, 0) is 35.6 Å². The van der Waals surface area contributed by atoms with Gasteiger partial charge < -0.3 is 10.6 Å². The number of thiophene rings is 1. The molecule has 1 aromatic heterocycles. The molecule has 92 valence electrons. The summed E-state index contributed by atoms with van der Waals surface area (Å²) in [4.78, 5) is 15.2. The molecule has 0 atom stereocenters. The number of fused-ring (bicyclic) bond motifs is 1. The number of nitrogens with two attached hydrogens (primary N) is 1. The lowest BCUT2D eigenvalue weighted by molar-refractivity contribution is -0.117. The minimum atomic E-state index is 0.154. The van der Waals surface area contributed by atoms with E-state index in [0.29, 0.717) is 12.1 Å². The highest BCUT2D eigenvalue weighted by Crippen LogP contribution is 2.30. The number of benzene rings is 1. The van der Waals surface area contributed by atoms with Gasteiger partial charge in [-0.15, -0.1) is 11.3 Å². The molecule has 1 aliphatic heterocycles. The average Bonchev–Trinajstić information content (AvgIpc) is 2.97. The fourth-order valence-electron chi connectivity index (χ4n) is 2.31. The Morgan fingerprint density at radius 3 is 3.06 bits per heavy atom. The first-order valence-electron chi connectivity index (χ1n) is 5.95. The SMILES string of the molecule is Nc1ccc2c(c1)N(C(=O)Cc1cccs1)CC2. The smallest absolute Gasteiger partial charge is 0.232 e. The van der Waals surface area contributed by atoms with Crippen molar-refractivity contribution in [2.24, 2.45) is 0 Å². The fourth-order valence-corrected chi connectivity index (χ4v) is 3.01. The summed E-state index contributed by atoms with van der Waals surface area (Å²) in [6, 6.07) is 9.78. The summed E-state index contributed by atoms with van der Waals surface area (Å²) < 4.78 is 0. The van der Waals surface area contributed by atoms with Crippen LogP contribution in [0.25, 0.3) is 0 Å². The zero-order valence-corrected chi connectivity index (χ0v) is 10.7. The Kier molecular flexibility index (Phi) is 2.80. The van der Waals surface area contributed by atoms with Crippen LogP contribution in [-0.2, 0) is 17.6 Å². The molecule has 3 nitrogen and oxygen atoms in total. The number of carbonyl (C=O) groups is 1. The standard InChI is InChI=1S/C14H14N2OS/c15-11-4-3-10-5-6-16(13(10)8-11)14(17)9-12-2-1-7-18-12/h1-4,7-8H,5-6,9,15H2. The second-order valence-electron chi connectivity index (χ2n) is 4.44. The highest BCUT2D eigenvalue weighted by atomic mass is 32.1. The predicted octanol–water partition coefficient (Wildman–Crippen LogP) is 2.46. The van der Waals surface area contributed by atoms with Crippen LogP contribution in [0.2, 0.25) is 0 Å². The Morgan fingerprint density at radius 1 is 1.39 bits per heavy atom. The summed E-state index contributed by atoms with van der Waals surface area (Å²) in [5.41, 5.74) is 8.70. The monoisotopic (exact) mass is 258 g/mol. The Morgan fingerprint density at radius 2 is 2.28 bits per heavy atom. The maximum Gasteiger partial charge on any atom is 0.232 e. The first-order chi connectivity index (χ1) is 8.74.